The Hall–Kier alpha value is -1.71. The highest BCUT2D eigenvalue weighted by Crippen LogP contribution is 2.44. The van der Waals surface area contributed by atoms with Crippen LogP contribution in [0, 0.1) is 0 Å². The molecule has 2 rings (SSSR count). The van der Waals surface area contributed by atoms with Crippen LogP contribution in [0.15, 0.2) is 42.2 Å². The number of alkyl halides is 2. The largest absolute Gasteiger partial charge is 0.475 e. The lowest BCUT2D eigenvalue weighted by atomic mass is 10.0. The van der Waals surface area contributed by atoms with Gasteiger partial charge in [0.1, 0.15) is 0 Å². The van der Waals surface area contributed by atoms with Gasteiger partial charge in [-0.3, -0.25) is 4.79 Å². The lowest BCUT2D eigenvalue weighted by Gasteiger charge is -2.15. The third kappa shape index (κ3) is 2.15. The van der Waals surface area contributed by atoms with E-state index < -0.39 is 17.8 Å². The summed E-state index contributed by atoms with van der Waals surface area (Å²) in [6.45, 7) is 1.91. The van der Waals surface area contributed by atoms with E-state index in [1.54, 1.807) is 18.2 Å². The molecule has 1 fully saturated rings. The molecule has 96 valence electrons. The number of halogens is 2. The van der Waals surface area contributed by atoms with E-state index in [0.29, 0.717) is 12.0 Å². The van der Waals surface area contributed by atoms with Crippen LogP contribution in [0.4, 0.5) is 8.78 Å². The van der Waals surface area contributed by atoms with E-state index >= 15 is 0 Å². The molecule has 18 heavy (non-hydrogen) atoms. The van der Waals surface area contributed by atoms with Crippen molar-refractivity contribution in [1.82, 2.24) is 0 Å². The van der Waals surface area contributed by atoms with Crippen molar-refractivity contribution in [3.05, 3.63) is 47.7 Å². The summed E-state index contributed by atoms with van der Waals surface area (Å²) in [5.74, 6) is -4.92. The van der Waals surface area contributed by atoms with Gasteiger partial charge < -0.3 is 4.74 Å². The maximum Gasteiger partial charge on any atom is 0.352 e. The molecular formula is C14H14F2O2. The summed E-state index contributed by atoms with van der Waals surface area (Å²) in [6, 6.07) is 8.09. The van der Waals surface area contributed by atoms with Crippen LogP contribution in [0.1, 0.15) is 31.4 Å². The van der Waals surface area contributed by atoms with Crippen LogP contribution < -0.4 is 0 Å². The number of Topliss-reactive ketones (excluding diaryl/α,β-unsaturated/α-hetero) is 1. The fourth-order valence-electron chi connectivity index (χ4n) is 1.86. The molecule has 4 heteroatoms. The summed E-state index contributed by atoms with van der Waals surface area (Å²) in [6.07, 6.45) is 1.27. The third-order valence-corrected chi connectivity index (χ3v) is 2.82. The van der Waals surface area contributed by atoms with Gasteiger partial charge in [0.25, 0.3) is 5.78 Å². The fourth-order valence-corrected chi connectivity index (χ4v) is 1.86. The minimum atomic E-state index is -3.49. The van der Waals surface area contributed by atoms with Gasteiger partial charge in [-0.25, -0.2) is 0 Å². The van der Waals surface area contributed by atoms with E-state index in [9.17, 15) is 13.6 Å². The normalized spacial score (nSPS) is 24.3. The van der Waals surface area contributed by atoms with E-state index in [1.165, 1.54) is 18.2 Å². The van der Waals surface area contributed by atoms with Gasteiger partial charge in [0, 0.05) is 0 Å². The second kappa shape index (κ2) is 4.88. The van der Waals surface area contributed by atoms with Crippen LogP contribution >= 0.6 is 0 Å². The van der Waals surface area contributed by atoms with Crippen LogP contribution in [0.5, 0.6) is 0 Å². The molecule has 0 spiro atoms. The lowest BCUT2D eigenvalue weighted by Crippen LogP contribution is -2.28. The molecule has 0 aliphatic carbocycles. The second-order valence-electron chi connectivity index (χ2n) is 4.22. The molecule has 0 radical (unpaired) electrons. The molecule has 1 aromatic carbocycles. The number of unbranched alkanes of at least 4 members (excludes halogenated alkanes) is 1. The molecule has 1 aliphatic heterocycles. The Kier molecular flexibility index (Phi) is 3.45. The first kappa shape index (κ1) is 12.7. The third-order valence-electron chi connectivity index (χ3n) is 2.82. The molecule has 1 saturated heterocycles. The van der Waals surface area contributed by atoms with Gasteiger partial charge >= 0.3 is 5.92 Å². The topological polar surface area (TPSA) is 26.3 Å². The van der Waals surface area contributed by atoms with E-state index in [2.05, 4.69) is 0 Å². The standard InChI is InChI=1S/C14H14F2O2/c1-2-3-9-11-12(17)14(15,16)13(18-11)10-7-5-4-6-8-10/h4-9,13H,2-3H2,1H3/b11-9-. The van der Waals surface area contributed by atoms with Gasteiger partial charge in [-0.05, 0) is 18.1 Å². The summed E-state index contributed by atoms with van der Waals surface area (Å²) >= 11 is 0. The molecule has 1 aromatic rings. The Bertz CT molecular complexity index is 466. The maximum atomic E-state index is 13.9. The fraction of sp³-hybridized carbons (Fsp3) is 0.357. The quantitative estimate of drug-likeness (QED) is 0.767. The molecule has 0 aromatic heterocycles. The lowest BCUT2D eigenvalue weighted by molar-refractivity contribution is -0.140. The number of carbonyl (C=O) groups excluding carboxylic acids is 1. The Morgan fingerprint density at radius 3 is 2.61 bits per heavy atom. The van der Waals surface area contributed by atoms with Crippen molar-refractivity contribution < 1.29 is 18.3 Å². The van der Waals surface area contributed by atoms with Crippen molar-refractivity contribution in [2.75, 3.05) is 0 Å². The van der Waals surface area contributed by atoms with Gasteiger partial charge in [-0.1, -0.05) is 43.7 Å². The first-order valence-electron chi connectivity index (χ1n) is 5.91. The Morgan fingerprint density at radius 1 is 1.33 bits per heavy atom. The van der Waals surface area contributed by atoms with Crippen molar-refractivity contribution in [1.29, 1.82) is 0 Å². The molecule has 0 amide bonds. The summed E-state index contributed by atoms with van der Waals surface area (Å²) in [4.78, 5) is 11.6. The molecule has 0 N–H and O–H groups in total. The van der Waals surface area contributed by atoms with Crippen LogP contribution in [0.2, 0.25) is 0 Å². The highest BCUT2D eigenvalue weighted by atomic mass is 19.3. The Balaban J connectivity index is 2.31. The average Bonchev–Trinajstić information content (AvgIpc) is 2.60. The van der Waals surface area contributed by atoms with Gasteiger partial charge in [0.05, 0.1) is 0 Å². The van der Waals surface area contributed by atoms with Gasteiger partial charge in [0.15, 0.2) is 11.9 Å². The number of hydrogen-bond donors (Lipinski definition) is 0. The number of benzene rings is 1. The molecule has 1 aliphatic rings. The summed E-state index contributed by atoms with van der Waals surface area (Å²) < 4.78 is 32.8. The van der Waals surface area contributed by atoms with Crippen LogP contribution in [-0.2, 0) is 9.53 Å². The monoisotopic (exact) mass is 252 g/mol. The zero-order chi connectivity index (χ0) is 13.2. The first-order valence-corrected chi connectivity index (χ1v) is 5.91. The highest BCUT2D eigenvalue weighted by Gasteiger charge is 2.57. The molecular weight excluding hydrogens is 238 g/mol. The van der Waals surface area contributed by atoms with Crippen molar-refractivity contribution >= 4 is 5.78 Å². The number of allylic oxidation sites excluding steroid dienone is 2. The SMILES string of the molecule is CCC/C=C1\OC(c2ccccc2)C(F)(F)C1=O. The average molecular weight is 252 g/mol. The van der Waals surface area contributed by atoms with Crippen molar-refractivity contribution in [2.45, 2.75) is 31.8 Å². The number of rotatable bonds is 3. The van der Waals surface area contributed by atoms with E-state index in [4.69, 9.17) is 4.74 Å². The smallest absolute Gasteiger partial charge is 0.352 e. The molecule has 0 bridgehead atoms. The number of carbonyl (C=O) groups is 1. The summed E-state index contributed by atoms with van der Waals surface area (Å²) in [5.41, 5.74) is 0.316. The van der Waals surface area contributed by atoms with Crippen molar-refractivity contribution in [3.63, 3.8) is 0 Å². The number of hydrogen-bond acceptors (Lipinski definition) is 2. The van der Waals surface area contributed by atoms with Crippen LogP contribution in [0.3, 0.4) is 0 Å². The highest BCUT2D eigenvalue weighted by molar-refractivity contribution is 6.01. The second-order valence-corrected chi connectivity index (χ2v) is 4.22. The predicted molar refractivity (Wildman–Crippen MR) is 63.2 cm³/mol. The first-order chi connectivity index (χ1) is 8.57. The van der Waals surface area contributed by atoms with E-state index in [0.717, 1.165) is 6.42 Å². The van der Waals surface area contributed by atoms with E-state index in [1.807, 2.05) is 6.92 Å². The number of ketones is 1. The molecule has 1 atom stereocenters. The predicted octanol–water partition coefficient (Wildman–Crippen LogP) is 3.65. The summed E-state index contributed by atoms with van der Waals surface area (Å²) in [5, 5.41) is 0. The number of ether oxygens (including phenoxy) is 1. The van der Waals surface area contributed by atoms with Gasteiger partial charge in [-0.2, -0.15) is 8.78 Å². The van der Waals surface area contributed by atoms with Crippen molar-refractivity contribution in [2.24, 2.45) is 0 Å². The summed E-state index contributed by atoms with van der Waals surface area (Å²) in [7, 11) is 0. The molecule has 0 saturated carbocycles. The molecule has 1 heterocycles. The minimum Gasteiger partial charge on any atom is -0.475 e. The Morgan fingerprint density at radius 2 is 2.00 bits per heavy atom. The Labute approximate surface area is 104 Å². The zero-order valence-electron chi connectivity index (χ0n) is 10.0. The molecule has 2 nitrogen and oxygen atoms in total. The minimum absolute atomic E-state index is 0.212. The van der Waals surface area contributed by atoms with Crippen LogP contribution in [-0.4, -0.2) is 11.7 Å². The van der Waals surface area contributed by atoms with Crippen molar-refractivity contribution in [3.8, 4) is 0 Å². The van der Waals surface area contributed by atoms with E-state index in [-0.39, 0.29) is 5.76 Å². The van der Waals surface area contributed by atoms with Crippen LogP contribution in [0.25, 0.3) is 0 Å². The maximum absolute atomic E-state index is 13.9. The molecule has 1 unspecified atom stereocenters. The van der Waals surface area contributed by atoms with Gasteiger partial charge in [-0.15, -0.1) is 0 Å². The van der Waals surface area contributed by atoms with Gasteiger partial charge in [0.2, 0.25) is 0 Å². The zero-order valence-corrected chi connectivity index (χ0v) is 10.0.